The average molecular weight is 241 g/mol. The molecular weight excluding hydrogens is 214 g/mol. The van der Waals surface area contributed by atoms with E-state index in [1.165, 1.54) is 52.1 Å². The maximum absolute atomic E-state index is 5.13. The van der Waals surface area contributed by atoms with Gasteiger partial charge in [0.2, 0.25) is 0 Å². The summed E-state index contributed by atoms with van der Waals surface area (Å²) in [5.74, 6) is 0.925. The van der Waals surface area contributed by atoms with E-state index in [0.29, 0.717) is 0 Å². The molecule has 0 bridgehead atoms. The van der Waals surface area contributed by atoms with Crippen molar-refractivity contribution in [1.82, 2.24) is 14.9 Å². The molecule has 2 heterocycles. The van der Waals surface area contributed by atoms with Crippen molar-refractivity contribution in [1.29, 1.82) is 0 Å². The highest BCUT2D eigenvalue weighted by molar-refractivity contribution is 4.74. The second kappa shape index (κ2) is 6.69. The molecule has 4 heteroatoms. The van der Waals surface area contributed by atoms with Crippen LogP contribution in [0.15, 0.2) is 0 Å². The van der Waals surface area contributed by atoms with E-state index >= 15 is 0 Å². The third-order valence-corrected chi connectivity index (χ3v) is 4.12. The molecule has 2 fully saturated rings. The number of rotatable bonds is 4. The van der Waals surface area contributed by atoms with Crippen LogP contribution in [0.3, 0.4) is 0 Å². The van der Waals surface area contributed by atoms with Gasteiger partial charge in [-0.25, -0.2) is 10.0 Å². The molecule has 0 unspecified atom stereocenters. The molecule has 2 rings (SSSR count). The number of hydrazine groups is 1. The van der Waals surface area contributed by atoms with Gasteiger partial charge in [0.1, 0.15) is 0 Å². The molecule has 0 aromatic rings. The Morgan fingerprint density at radius 3 is 2.12 bits per heavy atom. The van der Waals surface area contributed by atoms with Gasteiger partial charge in [-0.1, -0.05) is 6.92 Å². The van der Waals surface area contributed by atoms with Crippen molar-refractivity contribution in [3.63, 3.8) is 0 Å². The Kier molecular flexibility index (Phi) is 5.22. The lowest BCUT2D eigenvalue weighted by Crippen LogP contribution is -2.55. The SMILES string of the molecule is COCCN1CCN(N2CCC(C)CC2)CC1. The van der Waals surface area contributed by atoms with Crippen molar-refractivity contribution in [2.75, 3.05) is 59.5 Å². The van der Waals surface area contributed by atoms with Crippen LogP contribution in [0, 0.1) is 5.92 Å². The monoisotopic (exact) mass is 241 g/mol. The first kappa shape index (κ1) is 13.3. The van der Waals surface area contributed by atoms with E-state index in [1.807, 2.05) is 0 Å². The van der Waals surface area contributed by atoms with Crippen LogP contribution in [0.4, 0.5) is 0 Å². The average Bonchev–Trinajstić information content (AvgIpc) is 2.38. The summed E-state index contributed by atoms with van der Waals surface area (Å²) < 4.78 is 5.13. The fourth-order valence-electron chi connectivity index (χ4n) is 2.74. The van der Waals surface area contributed by atoms with E-state index in [9.17, 15) is 0 Å². The molecule has 0 spiro atoms. The van der Waals surface area contributed by atoms with Crippen molar-refractivity contribution in [2.24, 2.45) is 5.92 Å². The van der Waals surface area contributed by atoms with Gasteiger partial charge in [0.05, 0.1) is 6.61 Å². The second-order valence-electron chi connectivity index (χ2n) is 5.42. The van der Waals surface area contributed by atoms with Gasteiger partial charge in [0.25, 0.3) is 0 Å². The minimum atomic E-state index is 0.862. The predicted octanol–water partition coefficient (Wildman–Crippen LogP) is 0.897. The minimum Gasteiger partial charge on any atom is -0.383 e. The van der Waals surface area contributed by atoms with Crippen LogP contribution in [-0.2, 0) is 4.74 Å². The van der Waals surface area contributed by atoms with Gasteiger partial charge >= 0.3 is 0 Å². The van der Waals surface area contributed by atoms with E-state index in [0.717, 1.165) is 19.1 Å². The van der Waals surface area contributed by atoms with Crippen molar-refractivity contribution < 1.29 is 4.74 Å². The molecule has 0 aromatic carbocycles. The minimum absolute atomic E-state index is 0.862. The van der Waals surface area contributed by atoms with Crippen LogP contribution in [-0.4, -0.2) is 74.4 Å². The van der Waals surface area contributed by atoms with Crippen molar-refractivity contribution in [3.05, 3.63) is 0 Å². The number of hydrogen-bond donors (Lipinski definition) is 0. The smallest absolute Gasteiger partial charge is 0.0589 e. The summed E-state index contributed by atoms with van der Waals surface area (Å²) in [6.07, 6.45) is 2.73. The van der Waals surface area contributed by atoms with E-state index < -0.39 is 0 Å². The number of piperidine rings is 1. The van der Waals surface area contributed by atoms with E-state index in [-0.39, 0.29) is 0 Å². The third-order valence-electron chi connectivity index (χ3n) is 4.12. The summed E-state index contributed by atoms with van der Waals surface area (Å²) in [5, 5.41) is 5.14. The topological polar surface area (TPSA) is 19.0 Å². The van der Waals surface area contributed by atoms with Crippen molar-refractivity contribution in [2.45, 2.75) is 19.8 Å². The molecule has 100 valence electrons. The Morgan fingerprint density at radius 1 is 0.941 bits per heavy atom. The maximum atomic E-state index is 5.13. The zero-order chi connectivity index (χ0) is 12.1. The molecule has 2 aliphatic heterocycles. The largest absolute Gasteiger partial charge is 0.383 e. The molecule has 17 heavy (non-hydrogen) atoms. The van der Waals surface area contributed by atoms with Gasteiger partial charge in [0, 0.05) is 52.9 Å². The van der Waals surface area contributed by atoms with E-state index in [4.69, 9.17) is 4.74 Å². The first-order valence-corrected chi connectivity index (χ1v) is 7.00. The number of hydrogen-bond acceptors (Lipinski definition) is 4. The normalized spacial score (nSPS) is 26.5. The number of nitrogens with zero attached hydrogens (tertiary/aromatic N) is 3. The lowest BCUT2D eigenvalue weighted by Gasteiger charge is -2.43. The fraction of sp³-hybridized carbons (Fsp3) is 1.00. The third kappa shape index (κ3) is 3.91. The lowest BCUT2D eigenvalue weighted by molar-refractivity contribution is -0.0761. The van der Waals surface area contributed by atoms with E-state index in [2.05, 4.69) is 21.8 Å². The summed E-state index contributed by atoms with van der Waals surface area (Å²) in [6.45, 7) is 11.6. The predicted molar refractivity (Wildman–Crippen MR) is 69.9 cm³/mol. The van der Waals surface area contributed by atoms with Crippen LogP contribution < -0.4 is 0 Å². The van der Waals surface area contributed by atoms with Gasteiger partial charge in [-0.15, -0.1) is 0 Å². The Hall–Kier alpha value is -0.160. The molecule has 0 aromatic heterocycles. The van der Waals surface area contributed by atoms with Gasteiger partial charge in [-0.05, 0) is 18.8 Å². The highest BCUT2D eigenvalue weighted by Crippen LogP contribution is 2.18. The van der Waals surface area contributed by atoms with Crippen molar-refractivity contribution in [3.8, 4) is 0 Å². The molecule has 2 aliphatic rings. The molecule has 0 saturated carbocycles. The molecule has 0 aliphatic carbocycles. The number of ether oxygens (including phenoxy) is 1. The first-order valence-electron chi connectivity index (χ1n) is 7.00. The number of piperazine rings is 1. The van der Waals surface area contributed by atoms with Gasteiger partial charge in [0.15, 0.2) is 0 Å². The van der Waals surface area contributed by atoms with Crippen LogP contribution in [0.25, 0.3) is 0 Å². The first-order chi connectivity index (χ1) is 8.29. The standard InChI is InChI=1S/C13H27N3O/c1-13-3-5-15(6-4-13)16-9-7-14(8-10-16)11-12-17-2/h13H,3-12H2,1-2H3. The quantitative estimate of drug-likeness (QED) is 0.728. The zero-order valence-corrected chi connectivity index (χ0v) is 11.4. The Morgan fingerprint density at radius 2 is 1.53 bits per heavy atom. The summed E-state index contributed by atoms with van der Waals surface area (Å²) in [4.78, 5) is 2.51. The molecule has 4 nitrogen and oxygen atoms in total. The highest BCUT2D eigenvalue weighted by Gasteiger charge is 2.24. The Labute approximate surface area is 105 Å². The molecule has 0 atom stereocenters. The highest BCUT2D eigenvalue weighted by atomic mass is 16.5. The maximum Gasteiger partial charge on any atom is 0.0589 e. The molecule has 2 saturated heterocycles. The Balaban J connectivity index is 1.68. The van der Waals surface area contributed by atoms with Crippen LogP contribution in [0.5, 0.6) is 0 Å². The second-order valence-corrected chi connectivity index (χ2v) is 5.42. The summed E-state index contributed by atoms with van der Waals surface area (Å²) in [7, 11) is 1.78. The van der Waals surface area contributed by atoms with Crippen LogP contribution in [0.1, 0.15) is 19.8 Å². The van der Waals surface area contributed by atoms with Crippen LogP contribution >= 0.6 is 0 Å². The van der Waals surface area contributed by atoms with Gasteiger partial charge in [-0.3, -0.25) is 4.90 Å². The zero-order valence-electron chi connectivity index (χ0n) is 11.4. The van der Waals surface area contributed by atoms with Crippen LogP contribution in [0.2, 0.25) is 0 Å². The van der Waals surface area contributed by atoms with Crippen molar-refractivity contribution >= 4 is 0 Å². The molecular formula is C13H27N3O. The molecule has 0 amide bonds. The summed E-state index contributed by atoms with van der Waals surface area (Å²) in [5.41, 5.74) is 0. The summed E-state index contributed by atoms with van der Waals surface area (Å²) in [6, 6.07) is 0. The fourth-order valence-corrected chi connectivity index (χ4v) is 2.74. The van der Waals surface area contributed by atoms with E-state index in [1.54, 1.807) is 7.11 Å². The Bertz CT molecular complexity index is 209. The lowest BCUT2D eigenvalue weighted by atomic mass is 10.0. The molecule has 0 radical (unpaired) electrons. The van der Waals surface area contributed by atoms with Gasteiger partial charge < -0.3 is 4.74 Å². The summed E-state index contributed by atoms with van der Waals surface area (Å²) >= 11 is 0. The van der Waals surface area contributed by atoms with Gasteiger partial charge in [-0.2, -0.15) is 0 Å². The molecule has 0 N–H and O–H groups in total. The number of methoxy groups -OCH3 is 1.